The van der Waals surface area contributed by atoms with Gasteiger partial charge in [0.1, 0.15) is 18.4 Å². The number of carbonyl (C=O) groups is 2. The minimum atomic E-state index is -0.0938. The molecule has 2 aromatic carbocycles. The van der Waals surface area contributed by atoms with Gasteiger partial charge in [-0.25, -0.2) is 4.79 Å². The molecule has 0 atom stereocenters. The molecule has 4 rings (SSSR count). The Labute approximate surface area is 194 Å². The fourth-order valence-electron chi connectivity index (χ4n) is 4.31. The number of benzene rings is 2. The summed E-state index contributed by atoms with van der Waals surface area (Å²) in [4.78, 5) is 28.9. The van der Waals surface area contributed by atoms with Gasteiger partial charge in [-0.15, -0.1) is 0 Å². The number of carbonyl (C=O) groups excluding carboxylic acids is 2. The lowest BCUT2D eigenvalue weighted by Gasteiger charge is -2.32. The van der Waals surface area contributed by atoms with E-state index in [2.05, 4.69) is 5.32 Å². The van der Waals surface area contributed by atoms with Crippen LogP contribution in [0.4, 0.5) is 10.5 Å². The first-order valence-electron chi connectivity index (χ1n) is 11.7. The third kappa shape index (κ3) is 5.48. The van der Waals surface area contributed by atoms with E-state index >= 15 is 0 Å². The van der Waals surface area contributed by atoms with Crippen molar-refractivity contribution < 1.29 is 14.3 Å². The van der Waals surface area contributed by atoms with Gasteiger partial charge in [-0.05, 0) is 50.2 Å². The van der Waals surface area contributed by atoms with E-state index in [0.29, 0.717) is 32.7 Å². The number of likely N-dealkylation sites (tertiary alicyclic amines) is 1. The first kappa shape index (κ1) is 22.7. The molecule has 0 bridgehead atoms. The number of aromatic nitrogens is 1. The van der Waals surface area contributed by atoms with Crippen LogP contribution in [0.1, 0.15) is 26.7 Å². The van der Waals surface area contributed by atoms with Crippen molar-refractivity contribution in [2.24, 2.45) is 0 Å². The molecule has 0 spiro atoms. The van der Waals surface area contributed by atoms with Crippen LogP contribution in [0, 0.1) is 0 Å². The first-order chi connectivity index (χ1) is 16.1. The summed E-state index contributed by atoms with van der Waals surface area (Å²) in [6.45, 7) is 7.04. The number of likely N-dealkylation sites (N-methyl/N-ethyl adjacent to an activating group) is 1. The maximum absolute atomic E-state index is 12.8. The van der Waals surface area contributed by atoms with E-state index in [1.807, 2.05) is 89.0 Å². The van der Waals surface area contributed by atoms with Crippen LogP contribution in [0.2, 0.25) is 0 Å². The number of amides is 3. The Hall–Kier alpha value is -3.48. The van der Waals surface area contributed by atoms with Crippen LogP contribution in [0.25, 0.3) is 10.9 Å². The molecule has 0 saturated carbocycles. The molecule has 0 aliphatic carbocycles. The van der Waals surface area contributed by atoms with Crippen LogP contribution in [-0.2, 0) is 11.3 Å². The molecule has 0 unspecified atom stereocenters. The lowest BCUT2D eigenvalue weighted by Crippen LogP contribution is -2.43. The van der Waals surface area contributed by atoms with E-state index in [-0.39, 0.29) is 18.0 Å². The van der Waals surface area contributed by atoms with E-state index in [0.717, 1.165) is 35.2 Å². The smallest absolute Gasteiger partial charge is 0.321 e. The Morgan fingerprint density at radius 3 is 2.45 bits per heavy atom. The summed E-state index contributed by atoms with van der Waals surface area (Å²) in [6.07, 6.45) is 3.68. The third-order valence-corrected chi connectivity index (χ3v) is 6.22. The summed E-state index contributed by atoms with van der Waals surface area (Å²) in [6, 6.07) is 17.5. The van der Waals surface area contributed by atoms with Gasteiger partial charge in [0.05, 0.1) is 0 Å². The molecule has 3 amide bonds. The molecule has 1 aromatic heterocycles. The Morgan fingerprint density at radius 1 is 1.03 bits per heavy atom. The van der Waals surface area contributed by atoms with Crippen molar-refractivity contribution in [1.82, 2.24) is 14.4 Å². The molecular weight excluding hydrogens is 416 g/mol. The quantitative estimate of drug-likeness (QED) is 0.575. The predicted octanol–water partition coefficient (Wildman–Crippen LogP) is 4.59. The minimum absolute atomic E-state index is 0.0938. The third-order valence-electron chi connectivity index (χ3n) is 6.22. The van der Waals surface area contributed by atoms with Gasteiger partial charge in [0.15, 0.2) is 0 Å². The molecule has 1 saturated heterocycles. The second-order valence-electron chi connectivity index (χ2n) is 8.33. The number of piperidine rings is 1. The average Bonchev–Trinajstić information content (AvgIpc) is 3.23. The second kappa shape index (κ2) is 10.4. The molecule has 1 N–H and O–H groups in total. The zero-order valence-corrected chi connectivity index (χ0v) is 19.4. The average molecular weight is 449 g/mol. The number of nitrogens with one attached hydrogen (secondary N) is 1. The fourth-order valence-corrected chi connectivity index (χ4v) is 4.31. The van der Waals surface area contributed by atoms with Crippen LogP contribution in [-0.4, -0.2) is 58.6 Å². The van der Waals surface area contributed by atoms with Crippen LogP contribution in [0.5, 0.6) is 5.75 Å². The normalized spacial score (nSPS) is 14.3. The van der Waals surface area contributed by atoms with Crippen molar-refractivity contribution in [2.75, 3.05) is 31.5 Å². The van der Waals surface area contributed by atoms with Gasteiger partial charge in [0, 0.05) is 61.8 Å². The lowest BCUT2D eigenvalue weighted by atomic mass is 10.1. The van der Waals surface area contributed by atoms with Crippen molar-refractivity contribution in [1.29, 1.82) is 0 Å². The van der Waals surface area contributed by atoms with Crippen molar-refractivity contribution in [3.8, 4) is 5.75 Å². The Kier molecular flexibility index (Phi) is 7.17. The highest BCUT2D eigenvalue weighted by molar-refractivity contribution is 5.93. The number of fused-ring (bicyclic) bond motifs is 1. The summed E-state index contributed by atoms with van der Waals surface area (Å²) in [5, 5.41) is 4.01. The van der Waals surface area contributed by atoms with Crippen LogP contribution >= 0.6 is 0 Å². The molecule has 0 radical (unpaired) electrons. The van der Waals surface area contributed by atoms with Crippen molar-refractivity contribution >= 4 is 28.5 Å². The summed E-state index contributed by atoms with van der Waals surface area (Å²) in [7, 11) is 0. The number of hydrogen-bond acceptors (Lipinski definition) is 3. The minimum Gasteiger partial charge on any atom is -0.490 e. The monoisotopic (exact) mass is 448 g/mol. The maximum Gasteiger partial charge on any atom is 0.321 e. The van der Waals surface area contributed by atoms with Crippen molar-refractivity contribution in [3.05, 3.63) is 60.8 Å². The van der Waals surface area contributed by atoms with Crippen LogP contribution in [0.15, 0.2) is 60.8 Å². The van der Waals surface area contributed by atoms with Gasteiger partial charge in [-0.2, -0.15) is 0 Å². The zero-order chi connectivity index (χ0) is 23.2. The molecule has 1 fully saturated rings. The number of ether oxygens (including phenoxy) is 1. The highest BCUT2D eigenvalue weighted by Crippen LogP contribution is 2.23. The van der Waals surface area contributed by atoms with Crippen LogP contribution in [0.3, 0.4) is 0 Å². The lowest BCUT2D eigenvalue weighted by molar-refractivity contribution is -0.131. The predicted molar refractivity (Wildman–Crippen MR) is 131 cm³/mol. The summed E-state index contributed by atoms with van der Waals surface area (Å²) < 4.78 is 7.98. The number of hydrogen-bond donors (Lipinski definition) is 1. The molecule has 1 aliphatic heterocycles. The van der Waals surface area contributed by atoms with E-state index in [1.54, 1.807) is 0 Å². The number of nitrogens with zero attached hydrogens (tertiary/aromatic N) is 3. The fraction of sp³-hybridized carbons (Fsp3) is 0.385. The van der Waals surface area contributed by atoms with Gasteiger partial charge in [0.2, 0.25) is 5.91 Å². The van der Waals surface area contributed by atoms with E-state index in [4.69, 9.17) is 4.74 Å². The molecule has 7 heteroatoms. The highest BCUT2D eigenvalue weighted by Gasteiger charge is 2.24. The van der Waals surface area contributed by atoms with E-state index in [1.165, 1.54) is 0 Å². The van der Waals surface area contributed by atoms with Crippen molar-refractivity contribution in [2.45, 2.75) is 39.3 Å². The van der Waals surface area contributed by atoms with Gasteiger partial charge in [-0.3, -0.25) is 4.79 Å². The van der Waals surface area contributed by atoms with E-state index < -0.39 is 0 Å². The molecule has 2 heterocycles. The van der Waals surface area contributed by atoms with E-state index in [9.17, 15) is 9.59 Å². The first-order valence-corrected chi connectivity index (χ1v) is 11.7. The number of anilines is 1. The Bertz CT molecular complexity index is 1080. The Balaban J connectivity index is 1.32. The highest BCUT2D eigenvalue weighted by atomic mass is 16.5. The van der Waals surface area contributed by atoms with Gasteiger partial charge in [0.25, 0.3) is 0 Å². The van der Waals surface area contributed by atoms with Gasteiger partial charge in [-0.1, -0.05) is 18.2 Å². The molecule has 33 heavy (non-hydrogen) atoms. The largest absolute Gasteiger partial charge is 0.490 e. The van der Waals surface area contributed by atoms with Crippen molar-refractivity contribution in [3.63, 3.8) is 0 Å². The molecule has 3 aromatic rings. The number of urea groups is 1. The van der Waals surface area contributed by atoms with Crippen LogP contribution < -0.4 is 10.1 Å². The summed E-state index contributed by atoms with van der Waals surface area (Å²) in [5.74, 6) is 0.981. The zero-order valence-electron chi connectivity index (χ0n) is 19.4. The molecular formula is C26H32N4O3. The second-order valence-corrected chi connectivity index (χ2v) is 8.33. The topological polar surface area (TPSA) is 66.8 Å². The number of para-hydroxylation sites is 1. The SMILES string of the molecule is CCN(CC)C(=O)Cn1ccc2cc(NC(=O)N3CCC(Oc4ccccc4)CC3)ccc21. The molecule has 1 aliphatic rings. The molecule has 174 valence electrons. The maximum atomic E-state index is 12.8. The summed E-state index contributed by atoms with van der Waals surface area (Å²) in [5.41, 5.74) is 1.73. The standard InChI is InChI=1S/C26H32N4O3/c1-3-28(4-2)25(31)19-30-15-12-20-18-21(10-11-24(20)30)27-26(32)29-16-13-23(14-17-29)33-22-8-6-5-7-9-22/h5-12,15,18,23H,3-4,13-14,16-17,19H2,1-2H3,(H,27,32). The van der Waals surface area contributed by atoms with Gasteiger partial charge >= 0.3 is 6.03 Å². The number of rotatable bonds is 7. The van der Waals surface area contributed by atoms with Gasteiger partial charge < -0.3 is 24.4 Å². The molecule has 7 nitrogen and oxygen atoms in total. The summed E-state index contributed by atoms with van der Waals surface area (Å²) >= 11 is 0. The Morgan fingerprint density at radius 2 is 1.76 bits per heavy atom.